The zero-order chi connectivity index (χ0) is 21.0. The molecule has 0 unspecified atom stereocenters. The van der Waals surface area contributed by atoms with Crippen molar-refractivity contribution in [3.63, 3.8) is 0 Å². The highest BCUT2D eigenvalue weighted by Gasteiger charge is 2.30. The molecule has 29 heavy (non-hydrogen) atoms. The molecule has 0 bridgehead atoms. The van der Waals surface area contributed by atoms with Gasteiger partial charge in [0.1, 0.15) is 11.4 Å². The number of nitro groups is 1. The van der Waals surface area contributed by atoms with Gasteiger partial charge in [-0.05, 0) is 31.2 Å². The second-order valence-corrected chi connectivity index (χ2v) is 6.47. The molecule has 0 spiro atoms. The van der Waals surface area contributed by atoms with Gasteiger partial charge in [0.15, 0.2) is 11.5 Å². The number of rotatable bonds is 6. The van der Waals surface area contributed by atoms with Crippen molar-refractivity contribution < 1.29 is 23.6 Å². The number of hydrogen-bond acceptors (Lipinski definition) is 6. The van der Waals surface area contributed by atoms with E-state index < -0.39 is 10.8 Å². The number of carbonyl (C=O) groups excluding carboxylic acids is 1. The Hall–Kier alpha value is -3.36. The molecular formula is C20H22FN3O5. The fraction of sp³-hybridized carbons (Fsp3) is 0.350. The zero-order valence-electron chi connectivity index (χ0n) is 16.3. The summed E-state index contributed by atoms with van der Waals surface area (Å²) in [4.78, 5) is 27.6. The number of anilines is 1. The lowest BCUT2D eigenvalue weighted by atomic mass is 10.1. The van der Waals surface area contributed by atoms with E-state index in [1.165, 1.54) is 31.4 Å². The number of methoxy groups -OCH3 is 1. The van der Waals surface area contributed by atoms with Gasteiger partial charge >= 0.3 is 0 Å². The van der Waals surface area contributed by atoms with Crippen LogP contribution in [0.25, 0.3) is 0 Å². The highest BCUT2D eigenvalue weighted by molar-refractivity contribution is 5.99. The Kier molecular flexibility index (Phi) is 6.16. The lowest BCUT2D eigenvalue weighted by Crippen LogP contribution is -2.48. The van der Waals surface area contributed by atoms with E-state index in [-0.39, 0.29) is 28.6 Å². The van der Waals surface area contributed by atoms with Gasteiger partial charge < -0.3 is 19.3 Å². The quantitative estimate of drug-likeness (QED) is 0.544. The second-order valence-electron chi connectivity index (χ2n) is 6.47. The van der Waals surface area contributed by atoms with Crippen molar-refractivity contribution in [1.29, 1.82) is 0 Å². The number of nitrogens with zero attached hydrogens (tertiary/aromatic N) is 3. The predicted octanol–water partition coefficient (Wildman–Crippen LogP) is 3.10. The lowest BCUT2D eigenvalue weighted by molar-refractivity contribution is -0.385. The van der Waals surface area contributed by atoms with Crippen LogP contribution in [0.15, 0.2) is 36.4 Å². The van der Waals surface area contributed by atoms with Gasteiger partial charge in [-0.3, -0.25) is 14.9 Å². The first-order valence-corrected chi connectivity index (χ1v) is 9.23. The second kappa shape index (κ2) is 8.76. The maximum absolute atomic E-state index is 13.1. The number of nitro benzene ring substituents is 1. The molecule has 8 nitrogen and oxygen atoms in total. The topological polar surface area (TPSA) is 85.2 Å². The van der Waals surface area contributed by atoms with E-state index in [2.05, 4.69) is 0 Å². The summed E-state index contributed by atoms with van der Waals surface area (Å²) in [7, 11) is 1.39. The number of benzene rings is 2. The summed E-state index contributed by atoms with van der Waals surface area (Å²) in [6.45, 7) is 3.97. The van der Waals surface area contributed by atoms with Gasteiger partial charge in [-0.2, -0.15) is 0 Å². The van der Waals surface area contributed by atoms with E-state index in [9.17, 15) is 19.3 Å². The van der Waals surface area contributed by atoms with Crippen LogP contribution in [-0.4, -0.2) is 55.6 Å². The summed E-state index contributed by atoms with van der Waals surface area (Å²) in [5.74, 6) is -0.247. The van der Waals surface area contributed by atoms with E-state index in [4.69, 9.17) is 9.47 Å². The molecule has 1 amide bonds. The van der Waals surface area contributed by atoms with Crippen LogP contribution < -0.4 is 14.4 Å². The minimum atomic E-state index is -0.597. The molecule has 1 aliphatic heterocycles. The SMILES string of the molecule is CCOc1cc(C(=O)N2CCN(c3ccc(F)cc3)CC2)c([N+](=O)[O-])cc1OC. The van der Waals surface area contributed by atoms with Crippen molar-refractivity contribution in [2.75, 3.05) is 44.8 Å². The van der Waals surface area contributed by atoms with Crippen LogP contribution in [-0.2, 0) is 0 Å². The van der Waals surface area contributed by atoms with Crippen LogP contribution in [0.1, 0.15) is 17.3 Å². The predicted molar refractivity (Wildman–Crippen MR) is 105 cm³/mol. The molecule has 0 atom stereocenters. The minimum Gasteiger partial charge on any atom is -0.493 e. The third-order valence-electron chi connectivity index (χ3n) is 4.77. The lowest BCUT2D eigenvalue weighted by Gasteiger charge is -2.36. The third kappa shape index (κ3) is 4.39. The molecule has 154 valence electrons. The van der Waals surface area contributed by atoms with E-state index in [0.717, 1.165) is 5.69 Å². The average Bonchev–Trinajstić information content (AvgIpc) is 2.73. The molecule has 3 rings (SSSR count). The smallest absolute Gasteiger partial charge is 0.286 e. The van der Waals surface area contributed by atoms with Gasteiger partial charge in [0.25, 0.3) is 11.6 Å². The van der Waals surface area contributed by atoms with Crippen LogP contribution >= 0.6 is 0 Å². The van der Waals surface area contributed by atoms with E-state index in [0.29, 0.717) is 32.8 Å². The Bertz CT molecular complexity index is 896. The van der Waals surface area contributed by atoms with Gasteiger partial charge in [-0.15, -0.1) is 0 Å². The van der Waals surface area contributed by atoms with Crippen molar-refractivity contribution >= 4 is 17.3 Å². The summed E-state index contributed by atoms with van der Waals surface area (Å²) >= 11 is 0. The van der Waals surface area contributed by atoms with Gasteiger partial charge in [0.05, 0.1) is 24.7 Å². The number of carbonyl (C=O) groups is 1. The number of ether oxygens (including phenoxy) is 2. The Balaban J connectivity index is 1.80. The third-order valence-corrected chi connectivity index (χ3v) is 4.77. The van der Waals surface area contributed by atoms with E-state index in [1.54, 1.807) is 24.0 Å². The normalized spacial score (nSPS) is 13.9. The van der Waals surface area contributed by atoms with Gasteiger partial charge in [0.2, 0.25) is 0 Å². The molecule has 0 aliphatic carbocycles. The summed E-state index contributed by atoms with van der Waals surface area (Å²) in [6, 6.07) is 8.75. The molecule has 0 saturated carbocycles. The van der Waals surface area contributed by atoms with Crippen molar-refractivity contribution in [2.45, 2.75) is 6.92 Å². The molecule has 2 aromatic rings. The van der Waals surface area contributed by atoms with Gasteiger partial charge in [-0.25, -0.2) is 4.39 Å². The highest BCUT2D eigenvalue weighted by Crippen LogP contribution is 2.35. The van der Waals surface area contributed by atoms with Crippen molar-refractivity contribution in [3.05, 3.63) is 57.9 Å². The van der Waals surface area contributed by atoms with Crippen LogP contribution in [0.4, 0.5) is 15.8 Å². The molecule has 1 heterocycles. The number of piperazine rings is 1. The first-order chi connectivity index (χ1) is 13.9. The molecular weight excluding hydrogens is 381 g/mol. The Morgan fingerprint density at radius 2 is 1.79 bits per heavy atom. The molecule has 0 N–H and O–H groups in total. The summed E-state index contributed by atoms with van der Waals surface area (Å²) < 4.78 is 23.7. The largest absolute Gasteiger partial charge is 0.493 e. The van der Waals surface area contributed by atoms with Crippen molar-refractivity contribution in [3.8, 4) is 11.5 Å². The molecule has 1 fully saturated rings. The van der Waals surface area contributed by atoms with Crippen LogP contribution in [0.2, 0.25) is 0 Å². The fourth-order valence-electron chi connectivity index (χ4n) is 3.29. The summed E-state index contributed by atoms with van der Waals surface area (Å²) in [6.07, 6.45) is 0. The first kappa shape index (κ1) is 20.4. The summed E-state index contributed by atoms with van der Waals surface area (Å²) in [5.41, 5.74) is 0.512. The molecule has 0 radical (unpaired) electrons. The van der Waals surface area contributed by atoms with Crippen LogP contribution in [0.3, 0.4) is 0 Å². The zero-order valence-corrected chi connectivity index (χ0v) is 16.3. The maximum Gasteiger partial charge on any atom is 0.286 e. The summed E-state index contributed by atoms with van der Waals surface area (Å²) in [5, 5.41) is 11.5. The van der Waals surface area contributed by atoms with Gasteiger partial charge in [0, 0.05) is 37.9 Å². The molecule has 0 aromatic heterocycles. The van der Waals surface area contributed by atoms with Crippen molar-refractivity contribution in [2.24, 2.45) is 0 Å². The Morgan fingerprint density at radius 1 is 1.14 bits per heavy atom. The highest BCUT2D eigenvalue weighted by atomic mass is 19.1. The standard InChI is InChI=1S/C20H22FN3O5/c1-3-29-19-12-16(17(24(26)27)13-18(19)28-2)20(25)23-10-8-22(9-11-23)15-6-4-14(21)5-7-15/h4-7,12-13H,3,8-11H2,1-2H3. The maximum atomic E-state index is 13.1. The first-order valence-electron chi connectivity index (χ1n) is 9.23. The van der Waals surface area contributed by atoms with Crippen LogP contribution in [0, 0.1) is 15.9 Å². The minimum absolute atomic E-state index is 0.0329. The monoisotopic (exact) mass is 403 g/mol. The molecule has 1 aliphatic rings. The Morgan fingerprint density at radius 3 is 2.34 bits per heavy atom. The van der Waals surface area contributed by atoms with E-state index in [1.807, 2.05) is 4.90 Å². The van der Waals surface area contributed by atoms with Crippen molar-refractivity contribution in [1.82, 2.24) is 4.90 Å². The number of halogens is 1. The molecule has 9 heteroatoms. The molecule has 2 aromatic carbocycles. The Labute approximate surface area is 167 Å². The van der Waals surface area contributed by atoms with E-state index >= 15 is 0 Å². The number of amides is 1. The van der Waals surface area contributed by atoms with Gasteiger partial charge in [-0.1, -0.05) is 0 Å². The van der Waals surface area contributed by atoms with Crippen LogP contribution in [0.5, 0.6) is 11.5 Å². The fourth-order valence-corrected chi connectivity index (χ4v) is 3.29. The number of hydrogen-bond donors (Lipinski definition) is 0. The molecule has 1 saturated heterocycles. The average molecular weight is 403 g/mol.